The molecule has 1 aliphatic rings. The quantitative estimate of drug-likeness (QED) is 0.306. The van der Waals surface area contributed by atoms with E-state index in [1.807, 2.05) is 0 Å². The maximum atomic E-state index is 13.8. The number of nitrogens with zero attached hydrogens (tertiary/aromatic N) is 1. The van der Waals surface area contributed by atoms with Gasteiger partial charge in [0.2, 0.25) is 5.91 Å². The van der Waals surface area contributed by atoms with Crippen LogP contribution in [0.15, 0.2) is 59.4 Å². The Morgan fingerprint density at radius 2 is 1.97 bits per heavy atom. The summed E-state index contributed by atoms with van der Waals surface area (Å²) < 4.78 is 39.0. The molecular weight excluding hydrogens is 517 g/mol. The molecule has 0 radical (unpaired) electrons. The number of aromatic nitrogens is 1. The Morgan fingerprint density at radius 3 is 2.60 bits per heavy atom. The molecule has 1 fully saturated rings. The fourth-order valence-electron chi connectivity index (χ4n) is 3.28. The Labute approximate surface area is 209 Å². The number of imide groups is 1. The van der Waals surface area contributed by atoms with E-state index < -0.39 is 23.0 Å². The summed E-state index contributed by atoms with van der Waals surface area (Å²) in [6.45, 7) is -0.128. The largest absolute Gasteiger partial charge is 0.489 e. The van der Waals surface area contributed by atoms with E-state index in [9.17, 15) is 23.2 Å². The van der Waals surface area contributed by atoms with Gasteiger partial charge in [-0.05, 0) is 35.7 Å². The molecule has 1 aromatic heterocycles. The zero-order valence-electron chi connectivity index (χ0n) is 18.0. The molecule has 2 aromatic carbocycles. The topological polar surface area (TPSA) is 94.6 Å². The molecular formula is C23H19F2N2O5PS2. The SMILES string of the molecule is O=C1NC(=O)C(Cc2ccc(OCC(OC(=O)c3cscn3)c3cccc(C(F)(F)P)c3)cc2)S1. The van der Waals surface area contributed by atoms with E-state index >= 15 is 0 Å². The molecule has 12 heteroatoms. The number of nitrogens with one attached hydrogen (secondary N) is 1. The summed E-state index contributed by atoms with van der Waals surface area (Å²) in [4.78, 5) is 39.5. The number of amides is 2. The van der Waals surface area contributed by atoms with Crippen molar-refractivity contribution < 1.29 is 32.6 Å². The van der Waals surface area contributed by atoms with Crippen LogP contribution in [-0.2, 0) is 21.6 Å². The first-order valence-corrected chi connectivity index (χ1v) is 12.7. The van der Waals surface area contributed by atoms with Gasteiger partial charge in [0.25, 0.3) is 10.9 Å². The molecule has 7 nitrogen and oxygen atoms in total. The van der Waals surface area contributed by atoms with E-state index in [0.717, 1.165) is 17.3 Å². The summed E-state index contributed by atoms with van der Waals surface area (Å²) in [5.41, 5.74) is -0.603. The third-order valence-electron chi connectivity index (χ3n) is 5.05. The standard InChI is InChI=1S/C23H19F2N2O5PS2/c24-23(25,33)15-3-1-2-14(9-15)18(32-21(29)17-11-34-12-26-17)10-31-16-6-4-13(5-7-16)8-19-20(28)27-22(30)35-19/h1-7,9,11-12,18-19H,8,10,33H2,(H,27,28,30). The van der Waals surface area contributed by atoms with Gasteiger partial charge in [0.05, 0.1) is 10.8 Å². The third-order valence-corrected chi connectivity index (χ3v) is 6.95. The highest BCUT2D eigenvalue weighted by molar-refractivity contribution is 8.15. The second-order valence-corrected chi connectivity index (χ2v) is 10.2. The number of carbonyl (C=O) groups excluding carboxylic acids is 3. The first kappa shape index (κ1) is 25.2. The van der Waals surface area contributed by atoms with Crippen LogP contribution >= 0.6 is 32.3 Å². The number of benzene rings is 2. The van der Waals surface area contributed by atoms with Crippen LogP contribution in [0, 0.1) is 0 Å². The molecule has 3 aromatic rings. The molecule has 4 rings (SSSR count). The summed E-state index contributed by atoms with van der Waals surface area (Å²) in [5, 5.41) is 2.94. The van der Waals surface area contributed by atoms with Crippen LogP contribution in [0.2, 0.25) is 0 Å². The van der Waals surface area contributed by atoms with Crippen molar-refractivity contribution >= 4 is 49.5 Å². The summed E-state index contributed by atoms with van der Waals surface area (Å²) in [5.74, 6) is -0.556. The van der Waals surface area contributed by atoms with Gasteiger partial charge in [-0.3, -0.25) is 14.9 Å². The molecule has 1 N–H and O–H groups in total. The van der Waals surface area contributed by atoms with E-state index in [-0.39, 0.29) is 29.0 Å². The lowest BCUT2D eigenvalue weighted by Gasteiger charge is -2.20. The first-order chi connectivity index (χ1) is 16.7. The Morgan fingerprint density at radius 1 is 1.20 bits per heavy atom. The second-order valence-electron chi connectivity index (χ2n) is 7.56. The van der Waals surface area contributed by atoms with E-state index in [1.54, 1.807) is 30.3 Å². The highest BCUT2D eigenvalue weighted by atomic mass is 32.2. The van der Waals surface area contributed by atoms with Gasteiger partial charge in [-0.25, -0.2) is 9.78 Å². The molecule has 182 valence electrons. The normalized spacial score (nSPS) is 16.6. The number of thiazole rings is 1. The number of esters is 1. The van der Waals surface area contributed by atoms with Crippen molar-refractivity contribution in [1.82, 2.24) is 10.3 Å². The fourth-order valence-corrected chi connectivity index (χ4v) is 4.84. The van der Waals surface area contributed by atoms with Crippen molar-refractivity contribution in [3.05, 3.63) is 81.8 Å². The molecule has 1 aliphatic heterocycles. The predicted octanol–water partition coefficient (Wildman–Crippen LogP) is 4.94. The number of halogens is 2. The summed E-state index contributed by atoms with van der Waals surface area (Å²) >= 11 is 2.18. The van der Waals surface area contributed by atoms with Crippen molar-refractivity contribution in [2.75, 3.05) is 6.61 Å². The van der Waals surface area contributed by atoms with Crippen LogP contribution in [0.5, 0.6) is 5.75 Å². The second kappa shape index (κ2) is 10.8. The van der Waals surface area contributed by atoms with E-state index in [2.05, 4.69) is 10.3 Å². The molecule has 3 unspecified atom stereocenters. The molecule has 1 saturated heterocycles. The molecule has 2 amide bonds. The van der Waals surface area contributed by atoms with Crippen LogP contribution in [0.25, 0.3) is 0 Å². The minimum atomic E-state index is -3.14. The van der Waals surface area contributed by atoms with Crippen LogP contribution in [0.3, 0.4) is 0 Å². The van der Waals surface area contributed by atoms with Crippen LogP contribution < -0.4 is 10.1 Å². The van der Waals surface area contributed by atoms with Crippen molar-refractivity contribution in [2.45, 2.75) is 23.4 Å². The van der Waals surface area contributed by atoms with Gasteiger partial charge in [0.1, 0.15) is 12.4 Å². The smallest absolute Gasteiger partial charge is 0.358 e. The number of carbonyl (C=O) groups is 3. The summed E-state index contributed by atoms with van der Waals surface area (Å²) in [6, 6.07) is 12.5. The van der Waals surface area contributed by atoms with E-state index in [4.69, 9.17) is 9.47 Å². The van der Waals surface area contributed by atoms with Gasteiger partial charge < -0.3 is 9.47 Å². The maximum absolute atomic E-state index is 13.8. The molecule has 3 atom stereocenters. The predicted molar refractivity (Wildman–Crippen MR) is 131 cm³/mol. The van der Waals surface area contributed by atoms with Crippen LogP contribution in [0.4, 0.5) is 13.6 Å². The van der Waals surface area contributed by atoms with Crippen molar-refractivity contribution in [3.63, 3.8) is 0 Å². The molecule has 0 bridgehead atoms. The summed E-state index contributed by atoms with van der Waals surface area (Å²) in [6.07, 6.45) is -0.590. The Balaban J connectivity index is 1.46. The van der Waals surface area contributed by atoms with Crippen molar-refractivity contribution in [3.8, 4) is 5.75 Å². The number of rotatable bonds is 9. The molecule has 0 spiro atoms. The first-order valence-electron chi connectivity index (χ1n) is 10.3. The summed E-state index contributed by atoms with van der Waals surface area (Å²) in [7, 11) is 1.49. The zero-order chi connectivity index (χ0) is 25.0. The third kappa shape index (κ3) is 6.62. The average Bonchev–Trinajstić information content (AvgIpc) is 3.47. The monoisotopic (exact) mass is 536 g/mol. The van der Waals surface area contributed by atoms with Gasteiger partial charge in [-0.2, -0.15) is 8.78 Å². The number of hydrogen-bond acceptors (Lipinski definition) is 8. The van der Waals surface area contributed by atoms with Crippen LogP contribution in [0.1, 0.15) is 33.3 Å². The molecule has 0 aliphatic carbocycles. The number of alkyl halides is 2. The van der Waals surface area contributed by atoms with E-state index in [0.29, 0.717) is 17.7 Å². The number of thioether (sulfide) groups is 1. The number of hydrogen-bond donors (Lipinski definition) is 1. The van der Waals surface area contributed by atoms with Gasteiger partial charge in [0, 0.05) is 10.9 Å². The van der Waals surface area contributed by atoms with Crippen molar-refractivity contribution in [2.24, 2.45) is 0 Å². The average molecular weight is 537 g/mol. The zero-order valence-corrected chi connectivity index (χ0v) is 20.8. The highest BCUT2D eigenvalue weighted by Crippen LogP contribution is 2.36. The van der Waals surface area contributed by atoms with Crippen LogP contribution in [-0.4, -0.2) is 34.0 Å². The Kier molecular flexibility index (Phi) is 7.78. The van der Waals surface area contributed by atoms with Crippen molar-refractivity contribution in [1.29, 1.82) is 0 Å². The van der Waals surface area contributed by atoms with Gasteiger partial charge >= 0.3 is 5.97 Å². The lowest BCUT2D eigenvalue weighted by atomic mass is 10.1. The minimum absolute atomic E-state index is 0.115. The van der Waals surface area contributed by atoms with Gasteiger partial charge in [-0.15, -0.1) is 11.3 Å². The molecule has 35 heavy (non-hydrogen) atoms. The van der Waals surface area contributed by atoms with Gasteiger partial charge in [-0.1, -0.05) is 51.3 Å². The Hall–Kier alpha value is -2.88. The fraction of sp³-hybridized carbons (Fsp3) is 0.217. The maximum Gasteiger partial charge on any atom is 0.358 e. The van der Waals surface area contributed by atoms with E-state index in [1.165, 1.54) is 49.7 Å². The number of ether oxygens (including phenoxy) is 2. The minimum Gasteiger partial charge on any atom is -0.489 e. The van der Waals surface area contributed by atoms with Gasteiger partial charge in [0.15, 0.2) is 11.8 Å². The highest BCUT2D eigenvalue weighted by Gasteiger charge is 2.31. The Bertz CT molecular complexity index is 1220. The molecule has 0 saturated carbocycles. The molecule has 2 heterocycles. The lowest BCUT2D eigenvalue weighted by molar-refractivity contribution is -0.118. The lowest BCUT2D eigenvalue weighted by Crippen LogP contribution is -2.25.